The van der Waals surface area contributed by atoms with E-state index in [4.69, 9.17) is 0 Å². The van der Waals surface area contributed by atoms with Gasteiger partial charge in [-0.2, -0.15) is 0 Å². The molecule has 0 atom stereocenters. The summed E-state index contributed by atoms with van der Waals surface area (Å²) >= 11 is 0. The van der Waals surface area contributed by atoms with E-state index in [0.717, 1.165) is 36.6 Å². The lowest BCUT2D eigenvalue weighted by Crippen LogP contribution is -2.35. The van der Waals surface area contributed by atoms with Crippen LogP contribution in [0, 0.1) is 0 Å². The molecule has 1 saturated carbocycles. The van der Waals surface area contributed by atoms with Crippen molar-refractivity contribution < 1.29 is 15.0 Å². The SMILES string of the molecule is O=C(O)c1cn(CC2(n3ccc4ccccc43)CCCC2)cc(O)c1=O. The van der Waals surface area contributed by atoms with Crippen molar-refractivity contribution in [1.29, 1.82) is 0 Å². The number of carbonyl (C=O) groups is 1. The highest BCUT2D eigenvalue weighted by atomic mass is 16.4. The van der Waals surface area contributed by atoms with E-state index in [-0.39, 0.29) is 5.54 Å². The monoisotopic (exact) mass is 352 g/mol. The molecule has 0 spiro atoms. The molecule has 1 fully saturated rings. The number of rotatable bonds is 4. The first-order chi connectivity index (χ1) is 12.5. The molecule has 0 unspecified atom stereocenters. The topological polar surface area (TPSA) is 84.5 Å². The molecule has 0 saturated heterocycles. The van der Waals surface area contributed by atoms with E-state index in [1.165, 1.54) is 12.4 Å². The molecule has 26 heavy (non-hydrogen) atoms. The Morgan fingerprint density at radius 1 is 1.12 bits per heavy atom. The zero-order valence-electron chi connectivity index (χ0n) is 14.3. The Labute approximate surface area is 149 Å². The predicted molar refractivity (Wildman–Crippen MR) is 97.7 cm³/mol. The smallest absolute Gasteiger partial charge is 0.341 e. The normalized spacial score (nSPS) is 16.2. The van der Waals surface area contributed by atoms with Gasteiger partial charge in [-0.25, -0.2) is 4.79 Å². The van der Waals surface area contributed by atoms with Crippen LogP contribution in [0.25, 0.3) is 10.9 Å². The summed E-state index contributed by atoms with van der Waals surface area (Å²) in [5, 5.41) is 20.3. The van der Waals surface area contributed by atoms with Crippen molar-refractivity contribution in [3.05, 3.63) is 64.7 Å². The van der Waals surface area contributed by atoms with Crippen LogP contribution < -0.4 is 5.43 Å². The molecule has 0 aliphatic heterocycles. The first-order valence-electron chi connectivity index (χ1n) is 8.73. The summed E-state index contributed by atoms with van der Waals surface area (Å²) in [6, 6.07) is 10.3. The van der Waals surface area contributed by atoms with E-state index in [0.29, 0.717) is 6.54 Å². The number of aromatic carboxylic acids is 1. The Morgan fingerprint density at radius 2 is 1.85 bits per heavy atom. The number of fused-ring (bicyclic) bond motifs is 1. The van der Waals surface area contributed by atoms with Gasteiger partial charge in [-0.15, -0.1) is 0 Å². The molecule has 6 nitrogen and oxygen atoms in total. The maximum Gasteiger partial charge on any atom is 0.341 e. The molecule has 0 amide bonds. The fourth-order valence-corrected chi connectivity index (χ4v) is 4.20. The Kier molecular flexibility index (Phi) is 3.83. The lowest BCUT2D eigenvalue weighted by Gasteiger charge is -2.33. The van der Waals surface area contributed by atoms with Crippen LogP contribution in [0.1, 0.15) is 36.0 Å². The lowest BCUT2D eigenvalue weighted by molar-refractivity contribution is 0.0693. The average Bonchev–Trinajstić information content (AvgIpc) is 3.25. The van der Waals surface area contributed by atoms with Crippen molar-refractivity contribution in [2.45, 2.75) is 37.8 Å². The third-order valence-electron chi connectivity index (χ3n) is 5.41. The second-order valence-corrected chi connectivity index (χ2v) is 7.04. The number of benzene rings is 1. The molecule has 1 aromatic carbocycles. The van der Waals surface area contributed by atoms with Crippen LogP contribution in [0.2, 0.25) is 0 Å². The Balaban J connectivity index is 1.82. The van der Waals surface area contributed by atoms with Crippen molar-refractivity contribution in [2.24, 2.45) is 0 Å². The highest BCUT2D eigenvalue weighted by molar-refractivity contribution is 5.87. The summed E-state index contributed by atoms with van der Waals surface area (Å²) in [7, 11) is 0. The van der Waals surface area contributed by atoms with Crippen LogP contribution in [0.15, 0.2) is 53.7 Å². The van der Waals surface area contributed by atoms with Crippen LogP contribution in [0.5, 0.6) is 5.75 Å². The van der Waals surface area contributed by atoms with Gasteiger partial charge in [0, 0.05) is 30.7 Å². The van der Waals surface area contributed by atoms with Crippen molar-refractivity contribution in [1.82, 2.24) is 9.13 Å². The molecule has 4 rings (SSSR count). The quantitative estimate of drug-likeness (QED) is 0.755. The molecule has 6 heteroatoms. The first kappa shape index (κ1) is 16.4. The second-order valence-electron chi connectivity index (χ2n) is 7.04. The zero-order chi connectivity index (χ0) is 18.3. The number of aromatic hydroxyl groups is 1. The fourth-order valence-electron chi connectivity index (χ4n) is 4.20. The number of nitrogens with zero attached hydrogens (tertiary/aromatic N) is 2. The van der Waals surface area contributed by atoms with E-state index < -0.39 is 22.7 Å². The minimum atomic E-state index is -1.33. The van der Waals surface area contributed by atoms with Gasteiger partial charge < -0.3 is 19.3 Å². The lowest BCUT2D eigenvalue weighted by atomic mass is 9.96. The number of aromatic nitrogens is 2. The number of carboxylic acid groups (broad SMARTS) is 1. The van der Waals surface area contributed by atoms with Gasteiger partial charge in [-0.05, 0) is 30.4 Å². The molecular weight excluding hydrogens is 332 g/mol. The Hall–Kier alpha value is -3.02. The van der Waals surface area contributed by atoms with E-state index in [1.807, 2.05) is 12.1 Å². The summed E-state index contributed by atoms with van der Waals surface area (Å²) in [5.41, 5.74) is -0.324. The molecule has 2 aromatic heterocycles. The average molecular weight is 352 g/mol. The molecule has 2 heterocycles. The van der Waals surface area contributed by atoms with Crippen LogP contribution in [-0.2, 0) is 12.1 Å². The summed E-state index contributed by atoms with van der Waals surface area (Å²) in [6.07, 6.45) is 8.84. The minimum absolute atomic E-state index is 0.208. The van der Waals surface area contributed by atoms with Crippen molar-refractivity contribution in [2.75, 3.05) is 0 Å². The Bertz CT molecular complexity index is 1040. The van der Waals surface area contributed by atoms with E-state index >= 15 is 0 Å². The fraction of sp³-hybridized carbons (Fsp3) is 0.300. The van der Waals surface area contributed by atoms with Crippen LogP contribution in [-0.4, -0.2) is 25.3 Å². The molecule has 1 aliphatic rings. The van der Waals surface area contributed by atoms with E-state index in [1.54, 1.807) is 4.57 Å². The first-order valence-corrected chi connectivity index (χ1v) is 8.73. The van der Waals surface area contributed by atoms with Gasteiger partial charge in [-0.3, -0.25) is 4.79 Å². The second kappa shape index (κ2) is 6.05. The zero-order valence-corrected chi connectivity index (χ0v) is 14.3. The maximum absolute atomic E-state index is 11.8. The van der Waals surface area contributed by atoms with Crippen LogP contribution >= 0.6 is 0 Å². The summed E-state index contributed by atoms with van der Waals surface area (Å²) in [6.45, 7) is 0.500. The summed E-state index contributed by atoms with van der Waals surface area (Å²) in [4.78, 5) is 23.2. The third-order valence-corrected chi connectivity index (χ3v) is 5.41. The van der Waals surface area contributed by atoms with Crippen LogP contribution in [0.4, 0.5) is 0 Å². The number of para-hydroxylation sites is 1. The largest absolute Gasteiger partial charge is 0.503 e. The maximum atomic E-state index is 11.8. The number of hydrogen-bond acceptors (Lipinski definition) is 3. The molecule has 3 aromatic rings. The van der Waals surface area contributed by atoms with Crippen molar-refractivity contribution >= 4 is 16.9 Å². The number of hydrogen-bond donors (Lipinski definition) is 2. The molecule has 2 N–H and O–H groups in total. The molecule has 1 aliphatic carbocycles. The summed E-state index contributed by atoms with van der Waals surface area (Å²) in [5.74, 6) is -1.86. The van der Waals surface area contributed by atoms with E-state index in [2.05, 4.69) is 29.0 Å². The van der Waals surface area contributed by atoms with Crippen molar-refractivity contribution in [3.63, 3.8) is 0 Å². The third kappa shape index (κ3) is 2.58. The molecule has 134 valence electrons. The van der Waals surface area contributed by atoms with Gasteiger partial charge in [0.05, 0.1) is 5.54 Å². The van der Waals surface area contributed by atoms with E-state index in [9.17, 15) is 19.8 Å². The highest BCUT2D eigenvalue weighted by Crippen LogP contribution is 2.40. The number of carboxylic acids is 1. The van der Waals surface area contributed by atoms with Gasteiger partial charge in [0.2, 0.25) is 5.43 Å². The summed E-state index contributed by atoms with van der Waals surface area (Å²) < 4.78 is 3.91. The predicted octanol–water partition coefficient (Wildman–Crippen LogP) is 3.18. The van der Waals surface area contributed by atoms with Gasteiger partial charge >= 0.3 is 5.97 Å². The van der Waals surface area contributed by atoms with Gasteiger partial charge in [0.25, 0.3) is 0 Å². The van der Waals surface area contributed by atoms with Crippen LogP contribution in [0.3, 0.4) is 0 Å². The minimum Gasteiger partial charge on any atom is -0.503 e. The molecular formula is C20H20N2O4. The van der Waals surface area contributed by atoms with Gasteiger partial charge in [0.15, 0.2) is 5.75 Å². The highest BCUT2D eigenvalue weighted by Gasteiger charge is 2.36. The molecule has 0 bridgehead atoms. The van der Waals surface area contributed by atoms with Gasteiger partial charge in [-0.1, -0.05) is 31.0 Å². The van der Waals surface area contributed by atoms with Crippen molar-refractivity contribution in [3.8, 4) is 5.75 Å². The Morgan fingerprint density at radius 3 is 2.58 bits per heavy atom. The van der Waals surface area contributed by atoms with Gasteiger partial charge in [0.1, 0.15) is 5.56 Å². The molecule has 0 radical (unpaired) electrons. The standard InChI is InChI=1S/C20H20N2O4/c23-17-12-21(11-15(18(17)24)19(25)26)13-20(8-3-4-9-20)22-10-7-14-5-1-2-6-16(14)22/h1-2,5-7,10-12,23H,3-4,8-9,13H2,(H,25,26). The number of pyridine rings is 1.